The third-order valence-electron chi connectivity index (χ3n) is 1.99. The molecule has 0 bridgehead atoms. The first-order valence-corrected chi connectivity index (χ1v) is 4.83. The molecule has 4 nitrogen and oxygen atoms in total. The predicted molar refractivity (Wildman–Crippen MR) is 53.9 cm³/mol. The van der Waals surface area contributed by atoms with E-state index in [2.05, 4.69) is 9.97 Å². The molecule has 0 aliphatic rings. The molecule has 0 aromatic carbocycles. The second kappa shape index (κ2) is 6.21. The standard InChI is InChI=1S/C10H15N3O/c11-5-3-1-2-4-10(14)9-6-12-8-13-7-9/h6-8H,1-5,11H2. The van der Waals surface area contributed by atoms with Crippen molar-refractivity contribution in [2.24, 2.45) is 5.73 Å². The van der Waals surface area contributed by atoms with Crippen LogP contribution in [0.3, 0.4) is 0 Å². The van der Waals surface area contributed by atoms with Crippen LogP contribution in [-0.2, 0) is 0 Å². The van der Waals surface area contributed by atoms with Crippen LogP contribution >= 0.6 is 0 Å². The lowest BCUT2D eigenvalue weighted by Crippen LogP contribution is -2.02. The number of Topliss-reactive ketones (excluding diaryl/α,β-unsaturated/α-hetero) is 1. The number of aromatic nitrogens is 2. The number of hydrogen-bond donors (Lipinski definition) is 1. The van der Waals surface area contributed by atoms with Crippen molar-refractivity contribution in [3.63, 3.8) is 0 Å². The molecule has 14 heavy (non-hydrogen) atoms. The van der Waals surface area contributed by atoms with Gasteiger partial charge in [-0.1, -0.05) is 6.42 Å². The topological polar surface area (TPSA) is 68.9 Å². The molecule has 1 heterocycles. The maximum absolute atomic E-state index is 11.5. The predicted octanol–water partition coefficient (Wildman–Crippen LogP) is 1.18. The van der Waals surface area contributed by atoms with Gasteiger partial charge in [-0.2, -0.15) is 0 Å². The summed E-state index contributed by atoms with van der Waals surface area (Å²) in [5.41, 5.74) is 5.95. The smallest absolute Gasteiger partial charge is 0.165 e. The number of hydrogen-bond acceptors (Lipinski definition) is 4. The van der Waals surface area contributed by atoms with Crippen LogP contribution in [0.1, 0.15) is 36.0 Å². The van der Waals surface area contributed by atoms with Crippen molar-refractivity contribution in [1.29, 1.82) is 0 Å². The molecule has 0 saturated heterocycles. The van der Waals surface area contributed by atoms with Crippen molar-refractivity contribution in [1.82, 2.24) is 9.97 Å². The summed E-state index contributed by atoms with van der Waals surface area (Å²) in [6, 6.07) is 0. The number of ketones is 1. The van der Waals surface area contributed by atoms with Crippen LogP contribution in [0, 0.1) is 0 Å². The summed E-state index contributed by atoms with van der Waals surface area (Å²) < 4.78 is 0. The van der Waals surface area contributed by atoms with Crippen molar-refractivity contribution in [3.8, 4) is 0 Å². The molecular formula is C10H15N3O. The van der Waals surface area contributed by atoms with Crippen molar-refractivity contribution in [2.75, 3.05) is 6.54 Å². The Morgan fingerprint density at radius 3 is 2.57 bits per heavy atom. The molecular weight excluding hydrogens is 178 g/mol. The fourth-order valence-electron chi connectivity index (χ4n) is 1.19. The SMILES string of the molecule is NCCCCCC(=O)c1cncnc1. The van der Waals surface area contributed by atoms with E-state index in [0.29, 0.717) is 18.5 Å². The van der Waals surface area contributed by atoms with E-state index < -0.39 is 0 Å². The number of rotatable bonds is 6. The molecule has 4 heteroatoms. The van der Waals surface area contributed by atoms with E-state index in [0.717, 1.165) is 19.3 Å². The Bertz CT molecular complexity index is 274. The molecule has 1 aromatic heterocycles. The van der Waals surface area contributed by atoms with Gasteiger partial charge in [0.25, 0.3) is 0 Å². The van der Waals surface area contributed by atoms with Gasteiger partial charge in [0.1, 0.15) is 6.33 Å². The van der Waals surface area contributed by atoms with Gasteiger partial charge in [0, 0.05) is 18.8 Å². The first-order chi connectivity index (χ1) is 6.84. The Labute approximate surface area is 83.6 Å². The van der Waals surface area contributed by atoms with Gasteiger partial charge in [-0.05, 0) is 19.4 Å². The molecule has 0 fully saturated rings. The lowest BCUT2D eigenvalue weighted by molar-refractivity contribution is 0.0978. The van der Waals surface area contributed by atoms with E-state index in [1.54, 1.807) is 12.4 Å². The summed E-state index contributed by atoms with van der Waals surface area (Å²) >= 11 is 0. The van der Waals surface area contributed by atoms with Gasteiger partial charge in [-0.15, -0.1) is 0 Å². The third-order valence-corrected chi connectivity index (χ3v) is 1.99. The van der Waals surface area contributed by atoms with Crippen LogP contribution in [0.5, 0.6) is 0 Å². The highest BCUT2D eigenvalue weighted by Gasteiger charge is 2.04. The number of carbonyl (C=O) groups is 1. The lowest BCUT2D eigenvalue weighted by Gasteiger charge is -1.99. The van der Waals surface area contributed by atoms with Gasteiger partial charge in [-0.3, -0.25) is 4.79 Å². The number of nitrogens with zero attached hydrogens (tertiary/aromatic N) is 2. The van der Waals surface area contributed by atoms with Crippen molar-refractivity contribution >= 4 is 5.78 Å². The molecule has 0 radical (unpaired) electrons. The maximum Gasteiger partial charge on any atom is 0.165 e. The second-order valence-corrected chi connectivity index (χ2v) is 3.15. The molecule has 2 N–H and O–H groups in total. The zero-order valence-corrected chi connectivity index (χ0v) is 8.15. The summed E-state index contributed by atoms with van der Waals surface area (Å²) in [4.78, 5) is 19.1. The molecule has 0 aliphatic carbocycles. The Morgan fingerprint density at radius 2 is 1.93 bits per heavy atom. The largest absolute Gasteiger partial charge is 0.330 e. The Hall–Kier alpha value is -1.29. The van der Waals surface area contributed by atoms with Crippen LogP contribution in [0.4, 0.5) is 0 Å². The van der Waals surface area contributed by atoms with Crippen molar-refractivity contribution < 1.29 is 4.79 Å². The third kappa shape index (κ3) is 3.62. The van der Waals surface area contributed by atoms with Gasteiger partial charge in [0.15, 0.2) is 5.78 Å². The van der Waals surface area contributed by atoms with Gasteiger partial charge in [0.05, 0.1) is 5.56 Å². The number of carbonyl (C=O) groups excluding carboxylic acids is 1. The molecule has 0 amide bonds. The van der Waals surface area contributed by atoms with Crippen LogP contribution < -0.4 is 5.73 Å². The molecule has 1 rings (SSSR count). The second-order valence-electron chi connectivity index (χ2n) is 3.15. The normalized spacial score (nSPS) is 10.1. The van der Waals surface area contributed by atoms with Gasteiger partial charge in [0.2, 0.25) is 0 Å². The Balaban J connectivity index is 2.29. The van der Waals surface area contributed by atoms with E-state index in [1.807, 2.05) is 0 Å². The summed E-state index contributed by atoms with van der Waals surface area (Å²) in [5.74, 6) is 0.114. The average Bonchev–Trinajstić information content (AvgIpc) is 2.25. The fraction of sp³-hybridized carbons (Fsp3) is 0.500. The Kier molecular flexibility index (Phi) is 4.78. The molecule has 1 aromatic rings. The highest BCUT2D eigenvalue weighted by Crippen LogP contribution is 2.05. The summed E-state index contributed by atoms with van der Waals surface area (Å²) in [6.45, 7) is 0.697. The summed E-state index contributed by atoms with van der Waals surface area (Å²) in [7, 11) is 0. The first kappa shape index (κ1) is 10.8. The minimum atomic E-state index is 0.114. The van der Waals surface area contributed by atoms with Crippen molar-refractivity contribution in [3.05, 3.63) is 24.3 Å². The van der Waals surface area contributed by atoms with Crippen LogP contribution in [0.15, 0.2) is 18.7 Å². The first-order valence-electron chi connectivity index (χ1n) is 4.83. The fourth-order valence-corrected chi connectivity index (χ4v) is 1.19. The molecule has 0 aliphatic heterocycles. The molecule has 0 unspecified atom stereocenters. The van der Waals surface area contributed by atoms with Crippen molar-refractivity contribution in [2.45, 2.75) is 25.7 Å². The van der Waals surface area contributed by atoms with Crippen LogP contribution in [0.25, 0.3) is 0 Å². The highest BCUT2D eigenvalue weighted by molar-refractivity contribution is 5.95. The molecule has 76 valence electrons. The van der Waals surface area contributed by atoms with Gasteiger partial charge >= 0.3 is 0 Å². The van der Waals surface area contributed by atoms with E-state index in [4.69, 9.17) is 5.73 Å². The minimum absolute atomic E-state index is 0.114. The lowest BCUT2D eigenvalue weighted by atomic mass is 10.1. The van der Waals surface area contributed by atoms with Crippen LogP contribution in [0.2, 0.25) is 0 Å². The molecule has 0 saturated carbocycles. The van der Waals surface area contributed by atoms with Gasteiger partial charge < -0.3 is 5.73 Å². The number of nitrogens with two attached hydrogens (primary N) is 1. The van der Waals surface area contributed by atoms with Crippen LogP contribution in [-0.4, -0.2) is 22.3 Å². The van der Waals surface area contributed by atoms with E-state index in [9.17, 15) is 4.79 Å². The monoisotopic (exact) mass is 193 g/mol. The minimum Gasteiger partial charge on any atom is -0.330 e. The quantitative estimate of drug-likeness (QED) is 0.544. The summed E-state index contributed by atoms with van der Waals surface area (Å²) in [6.07, 6.45) is 7.98. The summed E-state index contributed by atoms with van der Waals surface area (Å²) in [5, 5.41) is 0. The van der Waals surface area contributed by atoms with E-state index in [1.165, 1.54) is 6.33 Å². The van der Waals surface area contributed by atoms with E-state index in [-0.39, 0.29) is 5.78 Å². The van der Waals surface area contributed by atoms with E-state index >= 15 is 0 Å². The van der Waals surface area contributed by atoms with Gasteiger partial charge in [-0.25, -0.2) is 9.97 Å². The number of unbranched alkanes of at least 4 members (excludes halogenated alkanes) is 2. The Morgan fingerprint density at radius 1 is 1.21 bits per heavy atom. The average molecular weight is 193 g/mol. The maximum atomic E-state index is 11.5. The zero-order valence-electron chi connectivity index (χ0n) is 8.15. The highest BCUT2D eigenvalue weighted by atomic mass is 16.1. The molecule has 0 atom stereocenters. The molecule has 0 spiro atoms. The zero-order chi connectivity index (χ0) is 10.2.